The van der Waals surface area contributed by atoms with E-state index in [0.717, 1.165) is 0 Å². The number of hydrogen-bond acceptors (Lipinski definition) is 4. The van der Waals surface area contributed by atoms with Crippen molar-refractivity contribution in [2.75, 3.05) is 7.11 Å². The number of ether oxygens (including phenoxy) is 1. The third-order valence-corrected chi connectivity index (χ3v) is 2.16. The van der Waals surface area contributed by atoms with Crippen molar-refractivity contribution in [3.8, 4) is 0 Å². The average molecular weight is 207 g/mol. The van der Waals surface area contributed by atoms with E-state index >= 15 is 0 Å². The highest BCUT2D eigenvalue weighted by molar-refractivity contribution is 5.91. The Kier molecular flexibility index (Phi) is 2.03. The van der Waals surface area contributed by atoms with Gasteiger partial charge in [-0.1, -0.05) is 0 Å². The molecule has 15 heavy (non-hydrogen) atoms. The molecule has 0 saturated heterocycles. The van der Waals surface area contributed by atoms with Crippen molar-refractivity contribution < 1.29 is 9.53 Å². The van der Waals surface area contributed by atoms with E-state index in [4.69, 9.17) is 0 Å². The Bertz CT molecular complexity index is 582. The lowest BCUT2D eigenvalue weighted by Gasteiger charge is -1.99. The minimum Gasteiger partial charge on any atom is -0.464 e. The predicted octanol–water partition coefficient (Wildman–Crippen LogP) is 0.0482. The van der Waals surface area contributed by atoms with Crippen LogP contribution < -0.4 is 5.56 Å². The minimum absolute atomic E-state index is 0.124. The van der Waals surface area contributed by atoms with E-state index in [9.17, 15) is 9.59 Å². The number of hydrogen-bond donors (Lipinski definition) is 1. The number of nitrogens with zero attached hydrogens (tertiary/aromatic N) is 2. The molecule has 6 heteroatoms. The van der Waals surface area contributed by atoms with Gasteiger partial charge >= 0.3 is 5.97 Å². The third-order valence-electron chi connectivity index (χ3n) is 2.16. The van der Waals surface area contributed by atoms with E-state index in [2.05, 4.69) is 14.8 Å². The molecule has 0 atom stereocenters. The normalized spacial score (nSPS) is 10.5. The van der Waals surface area contributed by atoms with Crippen LogP contribution in [0.25, 0.3) is 10.9 Å². The number of aromatic nitrogens is 3. The van der Waals surface area contributed by atoms with Crippen LogP contribution in [-0.2, 0) is 11.8 Å². The number of methoxy groups -OCH3 is 1. The molecule has 0 aliphatic rings. The molecule has 6 nitrogen and oxygen atoms in total. The van der Waals surface area contributed by atoms with Gasteiger partial charge in [-0.2, -0.15) is 5.10 Å². The molecule has 0 aromatic carbocycles. The molecule has 0 spiro atoms. The summed E-state index contributed by atoms with van der Waals surface area (Å²) < 4.78 is 6.04. The second-order valence-corrected chi connectivity index (χ2v) is 3.07. The number of aromatic amines is 1. The fourth-order valence-electron chi connectivity index (χ4n) is 1.38. The van der Waals surface area contributed by atoms with Gasteiger partial charge in [0.2, 0.25) is 0 Å². The van der Waals surface area contributed by atoms with Gasteiger partial charge in [-0.15, -0.1) is 0 Å². The highest BCUT2D eigenvalue weighted by atomic mass is 16.5. The Morgan fingerprint density at radius 3 is 3.00 bits per heavy atom. The molecule has 0 amide bonds. The quantitative estimate of drug-likeness (QED) is 0.670. The van der Waals surface area contributed by atoms with Gasteiger partial charge in [-0.3, -0.25) is 9.48 Å². The zero-order chi connectivity index (χ0) is 11.0. The van der Waals surface area contributed by atoms with Crippen molar-refractivity contribution in [1.82, 2.24) is 14.8 Å². The SMILES string of the molecule is COC(=O)c1cc2c(cnn2C)c(=O)[nH]1. The summed E-state index contributed by atoms with van der Waals surface area (Å²) in [4.78, 5) is 25.2. The maximum atomic E-state index is 11.5. The first kappa shape index (κ1) is 9.45. The van der Waals surface area contributed by atoms with Crippen molar-refractivity contribution in [1.29, 1.82) is 0 Å². The maximum absolute atomic E-state index is 11.5. The molecule has 2 heterocycles. The zero-order valence-electron chi connectivity index (χ0n) is 8.27. The summed E-state index contributed by atoms with van der Waals surface area (Å²) in [6.07, 6.45) is 1.45. The van der Waals surface area contributed by atoms with Gasteiger partial charge in [0.15, 0.2) is 0 Å². The second kappa shape index (κ2) is 3.23. The van der Waals surface area contributed by atoms with Crippen LogP contribution in [0.3, 0.4) is 0 Å². The topological polar surface area (TPSA) is 77.0 Å². The summed E-state index contributed by atoms with van der Waals surface area (Å²) in [5.41, 5.74) is 0.374. The number of pyridine rings is 1. The standard InChI is InChI=1S/C9H9N3O3/c1-12-7-3-6(9(14)15-2)11-8(13)5(7)4-10-12/h3-4H,1-2H3,(H,11,13). The number of esters is 1. The summed E-state index contributed by atoms with van der Waals surface area (Å²) >= 11 is 0. The lowest BCUT2D eigenvalue weighted by molar-refractivity contribution is 0.0594. The van der Waals surface area contributed by atoms with E-state index in [1.807, 2.05) is 0 Å². The van der Waals surface area contributed by atoms with Crippen LogP contribution >= 0.6 is 0 Å². The molecule has 2 rings (SSSR count). The van der Waals surface area contributed by atoms with Gasteiger partial charge in [0.1, 0.15) is 5.69 Å². The summed E-state index contributed by atoms with van der Waals surface area (Å²) in [5.74, 6) is -0.574. The van der Waals surface area contributed by atoms with Gasteiger partial charge in [0, 0.05) is 7.05 Å². The first-order valence-electron chi connectivity index (χ1n) is 4.27. The Balaban J connectivity index is 2.76. The zero-order valence-corrected chi connectivity index (χ0v) is 8.27. The predicted molar refractivity (Wildman–Crippen MR) is 52.7 cm³/mol. The van der Waals surface area contributed by atoms with E-state index in [1.165, 1.54) is 24.1 Å². The Labute approximate surface area is 84.5 Å². The molecule has 2 aromatic rings. The Hall–Kier alpha value is -2.11. The monoisotopic (exact) mass is 207 g/mol. The molecular formula is C9H9N3O3. The molecule has 0 aliphatic carbocycles. The minimum atomic E-state index is -0.574. The van der Waals surface area contributed by atoms with Crippen molar-refractivity contribution in [3.05, 3.63) is 28.3 Å². The Morgan fingerprint density at radius 1 is 1.60 bits per heavy atom. The van der Waals surface area contributed by atoms with Crippen molar-refractivity contribution >= 4 is 16.9 Å². The molecule has 0 unspecified atom stereocenters. The molecule has 0 fully saturated rings. The average Bonchev–Trinajstić information content (AvgIpc) is 2.60. The third kappa shape index (κ3) is 1.39. The van der Waals surface area contributed by atoms with Crippen LogP contribution in [0.15, 0.2) is 17.1 Å². The van der Waals surface area contributed by atoms with E-state index < -0.39 is 5.97 Å². The smallest absolute Gasteiger partial charge is 0.354 e. The van der Waals surface area contributed by atoms with Gasteiger partial charge in [-0.25, -0.2) is 4.79 Å². The number of fused-ring (bicyclic) bond motifs is 1. The summed E-state index contributed by atoms with van der Waals surface area (Å²) in [6, 6.07) is 1.54. The van der Waals surface area contributed by atoms with Crippen LogP contribution in [0.5, 0.6) is 0 Å². The lowest BCUT2D eigenvalue weighted by atomic mass is 10.3. The molecule has 0 bridgehead atoms. The fourth-order valence-corrected chi connectivity index (χ4v) is 1.38. The summed E-state index contributed by atoms with van der Waals surface area (Å²) in [7, 11) is 2.96. The number of aryl methyl sites for hydroxylation is 1. The number of rotatable bonds is 1. The molecule has 0 aliphatic heterocycles. The first-order valence-corrected chi connectivity index (χ1v) is 4.27. The van der Waals surface area contributed by atoms with E-state index in [1.54, 1.807) is 7.05 Å². The van der Waals surface area contributed by atoms with Gasteiger partial charge in [0.25, 0.3) is 5.56 Å². The molecule has 0 radical (unpaired) electrons. The van der Waals surface area contributed by atoms with E-state index in [-0.39, 0.29) is 11.3 Å². The number of carbonyl (C=O) groups excluding carboxylic acids is 1. The Morgan fingerprint density at radius 2 is 2.33 bits per heavy atom. The molecule has 0 saturated carbocycles. The number of nitrogens with one attached hydrogen (secondary N) is 1. The van der Waals surface area contributed by atoms with Crippen LogP contribution in [0.4, 0.5) is 0 Å². The molecular weight excluding hydrogens is 198 g/mol. The van der Waals surface area contributed by atoms with E-state index in [0.29, 0.717) is 10.9 Å². The molecule has 78 valence electrons. The van der Waals surface area contributed by atoms with Crippen LogP contribution in [0.2, 0.25) is 0 Å². The van der Waals surface area contributed by atoms with Crippen LogP contribution in [0, 0.1) is 0 Å². The molecule has 1 N–H and O–H groups in total. The lowest BCUT2D eigenvalue weighted by Crippen LogP contribution is -2.14. The number of carbonyl (C=O) groups is 1. The largest absolute Gasteiger partial charge is 0.464 e. The maximum Gasteiger partial charge on any atom is 0.354 e. The second-order valence-electron chi connectivity index (χ2n) is 3.07. The van der Waals surface area contributed by atoms with Crippen LogP contribution in [-0.4, -0.2) is 27.8 Å². The molecule has 2 aromatic heterocycles. The van der Waals surface area contributed by atoms with Crippen molar-refractivity contribution in [3.63, 3.8) is 0 Å². The highest BCUT2D eigenvalue weighted by Gasteiger charge is 2.11. The van der Waals surface area contributed by atoms with Crippen molar-refractivity contribution in [2.45, 2.75) is 0 Å². The van der Waals surface area contributed by atoms with Gasteiger partial charge < -0.3 is 9.72 Å². The van der Waals surface area contributed by atoms with Crippen molar-refractivity contribution in [2.24, 2.45) is 7.05 Å². The fraction of sp³-hybridized carbons (Fsp3) is 0.222. The number of H-pyrrole nitrogens is 1. The van der Waals surface area contributed by atoms with Gasteiger partial charge in [-0.05, 0) is 6.07 Å². The van der Waals surface area contributed by atoms with Crippen LogP contribution in [0.1, 0.15) is 10.5 Å². The van der Waals surface area contributed by atoms with Gasteiger partial charge in [0.05, 0.1) is 24.2 Å². The first-order chi connectivity index (χ1) is 7.13. The summed E-state index contributed by atoms with van der Waals surface area (Å²) in [5, 5.41) is 4.38. The highest BCUT2D eigenvalue weighted by Crippen LogP contribution is 2.08. The summed E-state index contributed by atoms with van der Waals surface area (Å²) in [6.45, 7) is 0.